The number of aryl methyl sites for hydroxylation is 1. The molecule has 0 saturated heterocycles. The Labute approximate surface area is 127 Å². The molecule has 6 heteroatoms. The molecule has 118 valence electrons. The summed E-state index contributed by atoms with van der Waals surface area (Å²) in [7, 11) is 0. The van der Waals surface area contributed by atoms with Gasteiger partial charge >= 0.3 is 5.97 Å². The van der Waals surface area contributed by atoms with Crippen molar-refractivity contribution in [3.05, 3.63) is 35.3 Å². The Morgan fingerprint density at radius 1 is 1.36 bits per heavy atom. The highest BCUT2D eigenvalue weighted by atomic mass is 19.1. The average molecular weight is 307 g/mol. The summed E-state index contributed by atoms with van der Waals surface area (Å²) in [5, 5.41) is 12.1. The smallest absolute Gasteiger partial charge is 0.326 e. The minimum absolute atomic E-state index is 0.00982. The van der Waals surface area contributed by atoms with Gasteiger partial charge in [0.25, 0.3) is 5.91 Å². The lowest BCUT2D eigenvalue weighted by molar-refractivity contribution is -0.139. The fraction of sp³-hybridized carbons (Fsp3) is 0.375. The van der Waals surface area contributed by atoms with Crippen LogP contribution in [0.3, 0.4) is 0 Å². The molecule has 2 N–H and O–H groups in total. The fourth-order valence-corrected chi connectivity index (χ4v) is 2.33. The van der Waals surface area contributed by atoms with Crippen molar-refractivity contribution in [2.75, 3.05) is 0 Å². The first-order valence-corrected chi connectivity index (χ1v) is 7.02. The molecule has 2 rings (SSSR count). The van der Waals surface area contributed by atoms with Gasteiger partial charge in [0, 0.05) is 10.9 Å². The number of aliphatic carboxylic acids is 1. The van der Waals surface area contributed by atoms with Crippen LogP contribution in [0.5, 0.6) is 0 Å². The number of carboxylic acid groups (broad SMARTS) is 1. The maximum atomic E-state index is 13.3. The van der Waals surface area contributed by atoms with E-state index in [0.717, 1.165) is 0 Å². The van der Waals surface area contributed by atoms with Crippen LogP contribution in [-0.2, 0) is 4.79 Å². The molecule has 0 saturated carbocycles. The lowest BCUT2D eigenvalue weighted by Crippen LogP contribution is -2.41. The summed E-state index contributed by atoms with van der Waals surface area (Å²) in [5.41, 5.74) is 0.875. The molecule has 22 heavy (non-hydrogen) atoms. The second-order valence-corrected chi connectivity index (χ2v) is 5.69. The monoisotopic (exact) mass is 307 g/mol. The van der Waals surface area contributed by atoms with Crippen molar-refractivity contribution < 1.29 is 23.5 Å². The van der Waals surface area contributed by atoms with E-state index in [1.54, 1.807) is 6.92 Å². The van der Waals surface area contributed by atoms with Gasteiger partial charge in [-0.3, -0.25) is 4.79 Å². The number of nitrogens with one attached hydrogen (secondary N) is 1. The van der Waals surface area contributed by atoms with Crippen molar-refractivity contribution in [3.63, 3.8) is 0 Å². The summed E-state index contributed by atoms with van der Waals surface area (Å²) >= 11 is 0. The van der Waals surface area contributed by atoms with Gasteiger partial charge in [0.15, 0.2) is 5.76 Å². The van der Waals surface area contributed by atoms with Crippen LogP contribution in [0, 0.1) is 18.7 Å². The normalized spacial score (nSPS) is 12.6. The van der Waals surface area contributed by atoms with Crippen molar-refractivity contribution >= 4 is 22.8 Å². The predicted molar refractivity (Wildman–Crippen MR) is 79.3 cm³/mol. The van der Waals surface area contributed by atoms with Crippen molar-refractivity contribution in [2.45, 2.75) is 33.2 Å². The zero-order chi connectivity index (χ0) is 16.4. The van der Waals surface area contributed by atoms with Crippen molar-refractivity contribution in [2.24, 2.45) is 5.92 Å². The third kappa shape index (κ3) is 3.27. The van der Waals surface area contributed by atoms with Crippen molar-refractivity contribution in [1.29, 1.82) is 0 Å². The van der Waals surface area contributed by atoms with Crippen LogP contribution in [0.25, 0.3) is 11.0 Å². The molecule has 0 aliphatic rings. The van der Waals surface area contributed by atoms with E-state index in [1.807, 2.05) is 13.8 Å². The second-order valence-electron chi connectivity index (χ2n) is 5.69. The van der Waals surface area contributed by atoms with Gasteiger partial charge in [0.05, 0.1) is 0 Å². The van der Waals surface area contributed by atoms with E-state index < -0.39 is 23.7 Å². The number of carbonyl (C=O) groups is 2. The van der Waals surface area contributed by atoms with Gasteiger partial charge in [-0.25, -0.2) is 9.18 Å². The van der Waals surface area contributed by atoms with Crippen molar-refractivity contribution in [3.8, 4) is 0 Å². The molecular formula is C16H18FNO4. The molecule has 0 fully saturated rings. The lowest BCUT2D eigenvalue weighted by atomic mass is 10.0. The number of rotatable bonds is 5. The first kappa shape index (κ1) is 16.0. The van der Waals surface area contributed by atoms with E-state index in [1.165, 1.54) is 18.2 Å². The van der Waals surface area contributed by atoms with Crippen LogP contribution < -0.4 is 5.32 Å². The van der Waals surface area contributed by atoms with Gasteiger partial charge in [-0.15, -0.1) is 0 Å². The molecule has 1 aromatic heterocycles. The minimum atomic E-state index is -1.10. The number of halogens is 1. The first-order chi connectivity index (χ1) is 10.3. The summed E-state index contributed by atoms with van der Waals surface area (Å²) in [5.74, 6) is -2.00. The molecule has 1 atom stereocenters. The van der Waals surface area contributed by atoms with Gasteiger partial charge in [0.1, 0.15) is 17.4 Å². The SMILES string of the molecule is Cc1c(C(=O)NC(CC(C)C)C(=O)O)oc2ccc(F)cc12. The van der Waals surface area contributed by atoms with E-state index in [9.17, 15) is 14.0 Å². The molecule has 1 aromatic carbocycles. The lowest BCUT2D eigenvalue weighted by Gasteiger charge is -2.15. The minimum Gasteiger partial charge on any atom is -0.480 e. The Hall–Kier alpha value is -2.37. The van der Waals surface area contributed by atoms with Crippen LogP contribution >= 0.6 is 0 Å². The topological polar surface area (TPSA) is 79.5 Å². The average Bonchev–Trinajstić information content (AvgIpc) is 2.74. The molecule has 0 bridgehead atoms. The molecule has 0 aliphatic heterocycles. The Morgan fingerprint density at radius 3 is 2.64 bits per heavy atom. The number of amides is 1. The van der Waals surface area contributed by atoms with Gasteiger partial charge in [-0.05, 0) is 37.5 Å². The number of furan rings is 1. The van der Waals surface area contributed by atoms with Gasteiger partial charge < -0.3 is 14.8 Å². The third-order valence-corrected chi connectivity index (χ3v) is 3.41. The number of benzene rings is 1. The summed E-state index contributed by atoms with van der Waals surface area (Å²) in [6.07, 6.45) is 0.314. The largest absolute Gasteiger partial charge is 0.480 e. The van der Waals surface area contributed by atoms with E-state index >= 15 is 0 Å². The number of fused-ring (bicyclic) bond motifs is 1. The van der Waals surface area contributed by atoms with E-state index in [2.05, 4.69) is 5.32 Å². The quantitative estimate of drug-likeness (QED) is 0.889. The van der Waals surface area contributed by atoms with E-state index in [0.29, 0.717) is 23.0 Å². The van der Waals surface area contributed by atoms with Gasteiger partial charge in [-0.2, -0.15) is 0 Å². The Kier molecular flexibility index (Phi) is 4.49. The Balaban J connectivity index is 2.29. The number of carboxylic acids is 1. The zero-order valence-electron chi connectivity index (χ0n) is 12.6. The fourth-order valence-electron chi connectivity index (χ4n) is 2.33. The van der Waals surface area contributed by atoms with Crippen LogP contribution in [0.15, 0.2) is 22.6 Å². The van der Waals surface area contributed by atoms with Gasteiger partial charge in [0.2, 0.25) is 0 Å². The van der Waals surface area contributed by atoms with Crippen LogP contribution in [0.1, 0.15) is 36.4 Å². The number of carbonyl (C=O) groups excluding carboxylic acids is 1. The molecule has 0 radical (unpaired) electrons. The Bertz CT molecular complexity index is 720. The van der Waals surface area contributed by atoms with Crippen LogP contribution in [0.4, 0.5) is 4.39 Å². The number of hydrogen-bond acceptors (Lipinski definition) is 3. The third-order valence-electron chi connectivity index (χ3n) is 3.41. The zero-order valence-corrected chi connectivity index (χ0v) is 12.6. The predicted octanol–water partition coefficient (Wildman–Crippen LogP) is 3.11. The molecule has 1 amide bonds. The molecule has 1 heterocycles. The molecule has 2 aromatic rings. The van der Waals surface area contributed by atoms with Crippen molar-refractivity contribution in [1.82, 2.24) is 5.32 Å². The summed E-state index contributed by atoms with van der Waals surface area (Å²) in [6, 6.07) is 2.98. The first-order valence-electron chi connectivity index (χ1n) is 7.02. The summed E-state index contributed by atoms with van der Waals surface area (Å²) in [4.78, 5) is 23.5. The summed E-state index contributed by atoms with van der Waals surface area (Å²) in [6.45, 7) is 5.38. The molecule has 1 unspecified atom stereocenters. The molecule has 5 nitrogen and oxygen atoms in total. The Morgan fingerprint density at radius 2 is 2.05 bits per heavy atom. The molecular weight excluding hydrogens is 289 g/mol. The van der Waals surface area contributed by atoms with E-state index in [-0.39, 0.29) is 11.7 Å². The number of hydrogen-bond donors (Lipinski definition) is 2. The molecule has 0 spiro atoms. The van der Waals surface area contributed by atoms with Crippen LogP contribution in [-0.4, -0.2) is 23.0 Å². The highest BCUT2D eigenvalue weighted by Gasteiger charge is 2.25. The highest BCUT2D eigenvalue weighted by molar-refractivity contribution is 6.00. The second kappa shape index (κ2) is 6.17. The maximum absolute atomic E-state index is 13.3. The molecule has 0 aliphatic carbocycles. The van der Waals surface area contributed by atoms with Gasteiger partial charge in [-0.1, -0.05) is 13.8 Å². The van der Waals surface area contributed by atoms with Crippen LogP contribution in [0.2, 0.25) is 0 Å². The van der Waals surface area contributed by atoms with E-state index in [4.69, 9.17) is 9.52 Å². The standard InChI is InChI=1S/C16H18FNO4/c1-8(2)6-12(16(20)21)18-15(19)14-9(3)11-7-10(17)4-5-13(11)22-14/h4-5,7-8,12H,6H2,1-3H3,(H,18,19)(H,20,21). The summed E-state index contributed by atoms with van der Waals surface area (Å²) < 4.78 is 18.7. The maximum Gasteiger partial charge on any atom is 0.326 e. The highest BCUT2D eigenvalue weighted by Crippen LogP contribution is 2.26.